The second kappa shape index (κ2) is 6.52. The highest BCUT2D eigenvalue weighted by Gasteiger charge is 2.17. The Bertz CT molecular complexity index is 751. The molecule has 3 rings (SSSR count). The number of aryl methyl sites for hydroxylation is 1. The minimum absolute atomic E-state index is 0.0739. The van der Waals surface area contributed by atoms with Gasteiger partial charge in [-0.2, -0.15) is 0 Å². The lowest BCUT2D eigenvalue weighted by atomic mass is 10.3. The molecule has 0 saturated carbocycles. The van der Waals surface area contributed by atoms with Crippen molar-refractivity contribution in [3.63, 3.8) is 0 Å². The maximum absolute atomic E-state index is 12.1. The van der Waals surface area contributed by atoms with E-state index in [0.717, 1.165) is 37.2 Å². The third-order valence-electron chi connectivity index (χ3n) is 3.79. The fourth-order valence-electron chi connectivity index (χ4n) is 2.63. The molecule has 6 heteroatoms. The van der Waals surface area contributed by atoms with Gasteiger partial charge in [0.05, 0.1) is 11.4 Å². The molecular formula is C16H19N3O2S. The lowest BCUT2D eigenvalue weighted by Gasteiger charge is -2.14. The minimum atomic E-state index is -0.0739. The number of hydrogen-bond acceptors (Lipinski definition) is 4. The number of likely N-dealkylation sites (tertiary alicyclic amines) is 1. The molecule has 1 fully saturated rings. The van der Waals surface area contributed by atoms with Crippen LogP contribution in [0, 0.1) is 6.92 Å². The minimum Gasteiger partial charge on any atom is -0.342 e. The van der Waals surface area contributed by atoms with E-state index in [9.17, 15) is 9.59 Å². The molecule has 0 aromatic carbocycles. The summed E-state index contributed by atoms with van der Waals surface area (Å²) in [5, 5.41) is 0. The van der Waals surface area contributed by atoms with Crippen LogP contribution in [0.25, 0.3) is 5.65 Å². The first-order valence-electron chi connectivity index (χ1n) is 7.48. The molecular weight excluding hydrogens is 298 g/mol. The first kappa shape index (κ1) is 15.1. The highest BCUT2D eigenvalue weighted by atomic mass is 32.2. The van der Waals surface area contributed by atoms with Crippen LogP contribution in [-0.2, 0) is 10.5 Å². The Labute approximate surface area is 133 Å². The molecule has 1 aliphatic rings. The van der Waals surface area contributed by atoms with Gasteiger partial charge >= 0.3 is 0 Å². The Morgan fingerprint density at radius 1 is 1.32 bits per heavy atom. The normalized spacial score (nSPS) is 14.7. The Morgan fingerprint density at radius 3 is 2.86 bits per heavy atom. The lowest BCUT2D eigenvalue weighted by molar-refractivity contribution is -0.127. The Hall–Kier alpha value is -1.82. The Balaban J connectivity index is 1.65. The number of rotatable bonds is 4. The molecule has 0 bridgehead atoms. The summed E-state index contributed by atoms with van der Waals surface area (Å²) in [6, 6.07) is 5.34. The summed E-state index contributed by atoms with van der Waals surface area (Å²) >= 11 is 1.52. The highest BCUT2D eigenvalue weighted by Crippen LogP contribution is 2.14. The smallest absolute Gasteiger partial charge is 0.258 e. The van der Waals surface area contributed by atoms with E-state index in [0.29, 0.717) is 17.2 Å². The molecule has 0 N–H and O–H groups in total. The van der Waals surface area contributed by atoms with E-state index in [1.54, 1.807) is 16.7 Å². The van der Waals surface area contributed by atoms with Gasteiger partial charge in [-0.25, -0.2) is 4.98 Å². The number of amides is 1. The number of aromatic nitrogens is 2. The van der Waals surface area contributed by atoms with Crippen LogP contribution in [0.3, 0.4) is 0 Å². The zero-order valence-electron chi connectivity index (χ0n) is 12.6. The molecule has 0 radical (unpaired) electrons. The molecule has 22 heavy (non-hydrogen) atoms. The SMILES string of the molecule is Cc1ccc2nc(CSCC(=O)N3CCCC3)cc(=O)n2c1. The van der Waals surface area contributed by atoms with Crippen molar-refractivity contribution >= 4 is 23.3 Å². The molecule has 1 amide bonds. The number of thioether (sulfide) groups is 1. The summed E-state index contributed by atoms with van der Waals surface area (Å²) in [7, 11) is 0. The van der Waals surface area contributed by atoms with E-state index in [2.05, 4.69) is 4.98 Å². The van der Waals surface area contributed by atoms with E-state index in [1.807, 2.05) is 24.0 Å². The third-order valence-corrected chi connectivity index (χ3v) is 4.75. The topological polar surface area (TPSA) is 54.7 Å². The van der Waals surface area contributed by atoms with E-state index < -0.39 is 0 Å². The van der Waals surface area contributed by atoms with Crippen LogP contribution >= 0.6 is 11.8 Å². The predicted molar refractivity (Wildman–Crippen MR) is 88.2 cm³/mol. The van der Waals surface area contributed by atoms with Gasteiger partial charge in [0.15, 0.2) is 0 Å². The quantitative estimate of drug-likeness (QED) is 0.864. The van der Waals surface area contributed by atoms with Crippen molar-refractivity contribution in [3.05, 3.63) is 46.0 Å². The van der Waals surface area contributed by atoms with Crippen LogP contribution in [-0.4, -0.2) is 39.0 Å². The van der Waals surface area contributed by atoms with Crippen LogP contribution in [0.15, 0.2) is 29.2 Å². The van der Waals surface area contributed by atoms with Crippen molar-refractivity contribution in [3.8, 4) is 0 Å². The number of nitrogens with zero attached hydrogens (tertiary/aromatic N) is 3. The molecule has 2 aromatic rings. The zero-order chi connectivity index (χ0) is 15.5. The molecule has 5 nitrogen and oxygen atoms in total. The van der Waals surface area contributed by atoms with Gasteiger partial charge in [0.25, 0.3) is 5.56 Å². The number of pyridine rings is 1. The summed E-state index contributed by atoms with van der Waals surface area (Å²) in [5.41, 5.74) is 2.33. The van der Waals surface area contributed by atoms with E-state index >= 15 is 0 Å². The van der Waals surface area contributed by atoms with E-state index in [-0.39, 0.29) is 11.5 Å². The van der Waals surface area contributed by atoms with Gasteiger partial charge in [0.1, 0.15) is 5.65 Å². The average molecular weight is 317 g/mol. The van der Waals surface area contributed by atoms with Crippen LogP contribution in [0.2, 0.25) is 0 Å². The summed E-state index contributed by atoms with van der Waals surface area (Å²) in [5.74, 6) is 1.23. The highest BCUT2D eigenvalue weighted by molar-refractivity contribution is 7.99. The summed E-state index contributed by atoms with van der Waals surface area (Å²) in [4.78, 5) is 30.5. The molecule has 1 aliphatic heterocycles. The fraction of sp³-hybridized carbons (Fsp3) is 0.438. The summed E-state index contributed by atoms with van der Waals surface area (Å²) in [6.07, 6.45) is 4.01. The Kier molecular flexibility index (Phi) is 4.47. The molecule has 0 unspecified atom stereocenters. The van der Waals surface area contributed by atoms with Gasteiger partial charge in [-0.15, -0.1) is 11.8 Å². The number of hydrogen-bond donors (Lipinski definition) is 0. The third kappa shape index (κ3) is 3.32. The molecule has 0 aliphatic carbocycles. The van der Waals surface area contributed by atoms with Crippen molar-refractivity contribution in [2.24, 2.45) is 0 Å². The van der Waals surface area contributed by atoms with Gasteiger partial charge in [-0.3, -0.25) is 14.0 Å². The van der Waals surface area contributed by atoms with Gasteiger partial charge < -0.3 is 4.90 Å². The average Bonchev–Trinajstić information content (AvgIpc) is 3.02. The van der Waals surface area contributed by atoms with Crippen LogP contribution in [0.4, 0.5) is 0 Å². The zero-order valence-corrected chi connectivity index (χ0v) is 13.4. The summed E-state index contributed by atoms with van der Waals surface area (Å²) < 4.78 is 1.55. The van der Waals surface area contributed by atoms with Crippen molar-refractivity contribution < 1.29 is 4.79 Å². The van der Waals surface area contributed by atoms with Gasteiger partial charge in [0.2, 0.25) is 5.91 Å². The van der Waals surface area contributed by atoms with Crippen LogP contribution < -0.4 is 5.56 Å². The molecule has 116 valence electrons. The van der Waals surface area contributed by atoms with Crippen molar-refractivity contribution in [1.82, 2.24) is 14.3 Å². The van der Waals surface area contributed by atoms with Gasteiger partial charge in [-0.1, -0.05) is 6.07 Å². The van der Waals surface area contributed by atoms with Crippen molar-refractivity contribution in [2.45, 2.75) is 25.5 Å². The first-order chi connectivity index (χ1) is 10.6. The fourth-order valence-corrected chi connectivity index (χ4v) is 3.45. The molecule has 0 spiro atoms. The van der Waals surface area contributed by atoms with Crippen LogP contribution in [0.5, 0.6) is 0 Å². The monoisotopic (exact) mass is 317 g/mol. The maximum atomic E-state index is 12.1. The molecule has 2 aromatic heterocycles. The second-order valence-electron chi connectivity index (χ2n) is 5.60. The molecule has 1 saturated heterocycles. The second-order valence-corrected chi connectivity index (χ2v) is 6.59. The standard InChI is InChI=1S/C16H19N3O2S/c1-12-4-5-14-17-13(8-15(20)19(14)9-12)10-22-11-16(21)18-6-2-3-7-18/h4-5,8-9H,2-3,6-7,10-11H2,1H3. The summed E-state index contributed by atoms with van der Waals surface area (Å²) in [6.45, 7) is 3.71. The molecule has 0 atom stereocenters. The van der Waals surface area contributed by atoms with E-state index in [1.165, 1.54) is 11.8 Å². The van der Waals surface area contributed by atoms with E-state index in [4.69, 9.17) is 0 Å². The maximum Gasteiger partial charge on any atom is 0.258 e. The predicted octanol–water partition coefficient (Wildman–Crippen LogP) is 1.86. The number of fused-ring (bicyclic) bond motifs is 1. The first-order valence-corrected chi connectivity index (χ1v) is 8.63. The number of carbonyl (C=O) groups excluding carboxylic acids is 1. The van der Waals surface area contributed by atoms with Gasteiger partial charge in [-0.05, 0) is 31.4 Å². The lowest BCUT2D eigenvalue weighted by Crippen LogP contribution is -2.29. The largest absolute Gasteiger partial charge is 0.342 e. The number of carbonyl (C=O) groups is 1. The van der Waals surface area contributed by atoms with Gasteiger partial charge in [0, 0.05) is 31.1 Å². The molecule has 3 heterocycles. The van der Waals surface area contributed by atoms with Crippen molar-refractivity contribution in [2.75, 3.05) is 18.8 Å². The Morgan fingerprint density at radius 2 is 2.09 bits per heavy atom. The van der Waals surface area contributed by atoms with Crippen LogP contribution in [0.1, 0.15) is 24.1 Å². The van der Waals surface area contributed by atoms with Crippen molar-refractivity contribution in [1.29, 1.82) is 0 Å².